The summed E-state index contributed by atoms with van der Waals surface area (Å²) in [6, 6.07) is 5.62. The van der Waals surface area contributed by atoms with Gasteiger partial charge >= 0.3 is 0 Å². The zero-order chi connectivity index (χ0) is 19.4. The molecule has 0 spiro atoms. The monoisotopic (exact) mass is 392 g/mol. The molecule has 144 valence electrons. The average Bonchev–Trinajstić information content (AvgIpc) is 3.14. The minimum Gasteiger partial charge on any atom is -0.386 e. The smallest absolute Gasteiger partial charge is 0.265 e. The van der Waals surface area contributed by atoms with Gasteiger partial charge in [0.25, 0.3) is 5.91 Å². The summed E-state index contributed by atoms with van der Waals surface area (Å²) in [4.78, 5) is 32.9. The van der Waals surface area contributed by atoms with Gasteiger partial charge in [0.2, 0.25) is 5.91 Å². The van der Waals surface area contributed by atoms with Crippen LogP contribution in [0.25, 0.3) is 0 Å². The van der Waals surface area contributed by atoms with Crippen LogP contribution in [0.5, 0.6) is 0 Å². The minimum atomic E-state index is -0.687. The van der Waals surface area contributed by atoms with Crippen molar-refractivity contribution in [3.63, 3.8) is 0 Å². The number of nitrogens with zero attached hydrogens (tertiary/aromatic N) is 3. The van der Waals surface area contributed by atoms with Gasteiger partial charge in [0.15, 0.2) is 0 Å². The molecule has 1 saturated heterocycles. The lowest BCUT2D eigenvalue weighted by Crippen LogP contribution is -2.50. The molecular formula is C18H21FN4O3S. The lowest BCUT2D eigenvalue weighted by atomic mass is 10.3. The van der Waals surface area contributed by atoms with Crippen molar-refractivity contribution in [3.8, 4) is 0 Å². The van der Waals surface area contributed by atoms with Crippen LogP contribution >= 0.6 is 11.3 Å². The van der Waals surface area contributed by atoms with Gasteiger partial charge in [0, 0.05) is 31.9 Å². The van der Waals surface area contributed by atoms with Crippen LogP contribution in [0.4, 0.5) is 10.1 Å². The van der Waals surface area contributed by atoms with Gasteiger partial charge in [-0.25, -0.2) is 9.37 Å². The molecule has 1 aromatic carbocycles. The quantitative estimate of drug-likeness (QED) is 0.810. The van der Waals surface area contributed by atoms with E-state index in [1.165, 1.54) is 41.8 Å². The zero-order valence-corrected chi connectivity index (χ0v) is 15.7. The zero-order valence-electron chi connectivity index (χ0n) is 14.9. The standard InChI is InChI=1S/C18H21FN4O3S/c1-12(24)17-20-10-15(27-17)18(26)23-8-6-22(7-9-23)11-16(25)21-14-4-2-13(19)3-5-14/h2-5,10,12,24H,6-9,11H2,1H3,(H,21,25)/t12-/m1/s1. The second-order valence-electron chi connectivity index (χ2n) is 6.36. The number of thiazole rings is 1. The third-order valence-corrected chi connectivity index (χ3v) is 5.40. The number of aliphatic hydroxyl groups is 1. The molecule has 0 aliphatic carbocycles. The molecule has 1 atom stereocenters. The van der Waals surface area contributed by atoms with Gasteiger partial charge in [-0.3, -0.25) is 14.5 Å². The number of hydrogen-bond donors (Lipinski definition) is 2. The molecule has 0 bridgehead atoms. The summed E-state index contributed by atoms with van der Waals surface area (Å²) in [6.45, 7) is 4.04. The lowest BCUT2D eigenvalue weighted by Gasteiger charge is -2.34. The number of amides is 2. The fourth-order valence-corrected chi connectivity index (χ4v) is 3.60. The third kappa shape index (κ3) is 5.09. The first-order valence-corrected chi connectivity index (χ1v) is 9.45. The maximum atomic E-state index is 12.9. The third-order valence-electron chi connectivity index (χ3n) is 4.25. The van der Waals surface area contributed by atoms with Crippen molar-refractivity contribution in [1.29, 1.82) is 0 Å². The molecule has 0 saturated carbocycles. The van der Waals surface area contributed by atoms with Crippen LogP contribution in [0.1, 0.15) is 27.7 Å². The first-order chi connectivity index (χ1) is 12.9. The maximum absolute atomic E-state index is 12.9. The Labute approximate surface area is 160 Å². The lowest BCUT2D eigenvalue weighted by molar-refractivity contribution is -0.117. The topological polar surface area (TPSA) is 85.8 Å². The van der Waals surface area contributed by atoms with E-state index in [9.17, 15) is 19.1 Å². The van der Waals surface area contributed by atoms with Crippen molar-refractivity contribution in [1.82, 2.24) is 14.8 Å². The van der Waals surface area contributed by atoms with E-state index < -0.39 is 6.10 Å². The molecular weight excluding hydrogens is 371 g/mol. The molecule has 27 heavy (non-hydrogen) atoms. The van der Waals surface area contributed by atoms with E-state index in [1.807, 2.05) is 4.90 Å². The van der Waals surface area contributed by atoms with Crippen LogP contribution in [-0.2, 0) is 4.79 Å². The second kappa shape index (κ2) is 8.55. The molecule has 2 aromatic rings. The Morgan fingerprint density at radius 1 is 1.26 bits per heavy atom. The summed E-state index contributed by atoms with van der Waals surface area (Å²) >= 11 is 1.20. The Morgan fingerprint density at radius 2 is 1.93 bits per heavy atom. The van der Waals surface area contributed by atoms with Crippen LogP contribution in [0.2, 0.25) is 0 Å². The molecule has 1 fully saturated rings. The summed E-state index contributed by atoms with van der Waals surface area (Å²) in [7, 11) is 0. The van der Waals surface area contributed by atoms with Crippen LogP contribution < -0.4 is 5.32 Å². The van der Waals surface area contributed by atoms with E-state index in [2.05, 4.69) is 10.3 Å². The van der Waals surface area contributed by atoms with Crippen molar-refractivity contribution in [2.45, 2.75) is 13.0 Å². The van der Waals surface area contributed by atoms with Crippen molar-refractivity contribution < 1.29 is 19.1 Å². The Bertz CT molecular complexity index is 801. The summed E-state index contributed by atoms with van der Waals surface area (Å²) < 4.78 is 12.9. The number of halogens is 1. The van der Waals surface area contributed by atoms with Crippen molar-refractivity contribution in [2.24, 2.45) is 0 Å². The molecule has 3 rings (SSSR count). The number of rotatable bonds is 5. The predicted octanol–water partition coefficient (Wildman–Crippen LogP) is 1.73. The highest BCUT2D eigenvalue weighted by molar-refractivity contribution is 7.13. The van der Waals surface area contributed by atoms with E-state index in [1.54, 1.807) is 11.8 Å². The van der Waals surface area contributed by atoms with E-state index in [4.69, 9.17) is 0 Å². The molecule has 7 nitrogen and oxygen atoms in total. The summed E-state index contributed by atoms with van der Waals surface area (Å²) in [5.41, 5.74) is 0.550. The first kappa shape index (κ1) is 19.4. The van der Waals surface area contributed by atoms with Crippen LogP contribution in [0.15, 0.2) is 30.5 Å². The first-order valence-electron chi connectivity index (χ1n) is 8.63. The van der Waals surface area contributed by atoms with Gasteiger partial charge in [0.05, 0.1) is 12.7 Å². The van der Waals surface area contributed by atoms with Crippen molar-refractivity contribution >= 4 is 28.8 Å². The number of anilines is 1. The fourth-order valence-electron chi connectivity index (χ4n) is 2.78. The van der Waals surface area contributed by atoms with Gasteiger partial charge < -0.3 is 15.3 Å². The largest absolute Gasteiger partial charge is 0.386 e. The molecule has 2 heterocycles. The number of piperazine rings is 1. The Kier molecular flexibility index (Phi) is 6.15. The number of aromatic nitrogens is 1. The molecule has 1 aliphatic rings. The van der Waals surface area contributed by atoms with Gasteiger partial charge in [-0.05, 0) is 31.2 Å². The van der Waals surface area contributed by atoms with Gasteiger partial charge in [0.1, 0.15) is 21.8 Å². The number of nitrogens with one attached hydrogen (secondary N) is 1. The fraction of sp³-hybridized carbons (Fsp3) is 0.389. The molecule has 1 aromatic heterocycles. The second-order valence-corrected chi connectivity index (χ2v) is 7.42. The summed E-state index contributed by atoms with van der Waals surface area (Å²) in [5, 5.41) is 12.8. The maximum Gasteiger partial charge on any atom is 0.265 e. The van der Waals surface area contributed by atoms with E-state index in [0.717, 1.165) is 0 Å². The van der Waals surface area contributed by atoms with Gasteiger partial charge in [-0.15, -0.1) is 11.3 Å². The normalized spacial score (nSPS) is 16.2. The summed E-state index contributed by atoms with van der Waals surface area (Å²) in [5.74, 6) is -0.629. The SMILES string of the molecule is C[C@@H](O)c1ncc(C(=O)N2CCN(CC(=O)Nc3ccc(F)cc3)CC2)s1. The summed E-state index contributed by atoms with van der Waals surface area (Å²) in [6.07, 6.45) is 0.811. The Morgan fingerprint density at radius 3 is 2.52 bits per heavy atom. The highest BCUT2D eigenvalue weighted by Crippen LogP contribution is 2.21. The van der Waals surface area contributed by atoms with Crippen LogP contribution in [0.3, 0.4) is 0 Å². The van der Waals surface area contributed by atoms with Crippen molar-refractivity contribution in [2.75, 3.05) is 38.0 Å². The Hall–Kier alpha value is -2.36. The number of carbonyl (C=O) groups excluding carboxylic acids is 2. The molecule has 2 N–H and O–H groups in total. The van der Waals surface area contributed by atoms with Gasteiger partial charge in [-0.2, -0.15) is 0 Å². The minimum absolute atomic E-state index is 0.102. The number of aliphatic hydroxyl groups excluding tert-OH is 1. The molecule has 0 unspecified atom stereocenters. The molecule has 1 aliphatic heterocycles. The highest BCUT2D eigenvalue weighted by Gasteiger charge is 2.25. The molecule has 2 amide bonds. The Balaban J connectivity index is 1.47. The van der Waals surface area contributed by atoms with Crippen LogP contribution in [-0.4, -0.2) is 64.4 Å². The average molecular weight is 392 g/mol. The number of benzene rings is 1. The van der Waals surface area contributed by atoms with E-state index >= 15 is 0 Å². The van der Waals surface area contributed by atoms with Gasteiger partial charge in [-0.1, -0.05) is 0 Å². The number of hydrogen-bond acceptors (Lipinski definition) is 6. The van der Waals surface area contributed by atoms with Crippen LogP contribution in [0, 0.1) is 5.82 Å². The van der Waals surface area contributed by atoms with Crippen molar-refractivity contribution in [3.05, 3.63) is 46.2 Å². The molecule has 0 radical (unpaired) electrons. The molecule has 9 heteroatoms. The van der Waals surface area contributed by atoms with E-state index in [-0.39, 0.29) is 24.2 Å². The predicted molar refractivity (Wildman–Crippen MR) is 100 cm³/mol. The highest BCUT2D eigenvalue weighted by atomic mass is 32.1. The number of carbonyl (C=O) groups is 2. The van der Waals surface area contributed by atoms with E-state index in [0.29, 0.717) is 41.8 Å².